The van der Waals surface area contributed by atoms with Crippen LogP contribution in [0.15, 0.2) is 54.6 Å². The summed E-state index contributed by atoms with van der Waals surface area (Å²) in [4.78, 5) is 12.1. The van der Waals surface area contributed by atoms with Gasteiger partial charge in [-0.1, -0.05) is 67.1 Å². The third kappa shape index (κ3) is 3.31. The first-order valence-corrected chi connectivity index (χ1v) is 7.24. The molecule has 0 saturated heterocycles. The third-order valence-electron chi connectivity index (χ3n) is 3.93. The Hall–Kier alpha value is -2.13. The van der Waals surface area contributed by atoms with Gasteiger partial charge in [-0.05, 0) is 24.5 Å². The number of nitrogens with two attached hydrogens (primary N) is 1. The van der Waals surface area contributed by atoms with Crippen LogP contribution in [0.3, 0.4) is 0 Å². The van der Waals surface area contributed by atoms with Gasteiger partial charge in [-0.3, -0.25) is 10.1 Å². The lowest BCUT2D eigenvalue weighted by molar-refractivity contribution is -0.125. The summed E-state index contributed by atoms with van der Waals surface area (Å²) in [6.07, 6.45) is 0.609. The van der Waals surface area contributed by atoms with Gasteiger partial charge in [0.2, 0.25) is 5.91 Å². The maximum Gasteiger partial charge on any atom is 0.242 e. The molecule has 0 aliphatic carbocycles. The Labute approximate surface area is 126 Å². The number of rotatable bonds is 6. The minimum Gasteiger partial charge on any atom is -0.368 e. The topological polar surface area (TPSA) is 55.1 Å². The lowest BCUT2D eigenvalue weighted by atomic mass is 9.85. The normalized spacial score (nSPS) is 13.6. The van der Waals surface area contributed by atoms with Gasteiger partial charge in [0.05, 0.1) is 0 Å². The highest BCUT2D eigenvalue weighted by atomic mass is 16.1. The smallest absolute Gasteiger partial charge is 0.242 e. The van der Waals surface area contributed by atoms with Gasteiger partial charge < -0.3 is 5.73 Å². The average Bonchev–Trinajstić information content (AvgIpc) is 2.50. The summed E-state index contributed by atoms with van der Waals surface area (Å²) >= 11 is 0. The molecule has 3 nitrogen and oxygen atoms in total. The first kappa shape index (κ1) is 15.3. The monoisotopic (exact) mass is 282 g/mol. The molecule has 110 valence electrons. The third-order valence-corrected chi connectivity index (χ3v) is 3.93. The number of aryl methyl sites for hydroxylation is 1. The molecule has 0 fully saturated rings. The zero-order chi connectivity index (χ0) is 15.3. The molecule has 1 unspecified atom stereocenters. The van der Waals surface area contributed by atoms with Crippen molar-refractivity contribution >= 4 is 5.91 Å². The predicted octanol–water partition coefficient (Wildman–Crippen LogP) is 2.88. The van der Waals surface area contributed by atoms with Crippen LogP contribution in [0.1, 0.15) is 30.0 Å². The maximum atomic E-state index is 12.1. The summed E-state index contributed by atoms with van der Waals surface area (Å²) in [5, 5.41) is 3.36. The van der Waals surface area contributed by atoms with Gasteiger partial charge >= 0.3 is 0 Å². The average molecular weight is 282 g/mol. The van der Waals surface area contributed by atoms with Crippen LogP contribution in [0.5, 0.6) is 0 Å². The minimum absolute atomic E-state index is 0.343. The molecule has 1 amide bonds. The summed E-state index contributed by atoms with van der Waals surface area (Å²) < 4.78 is 0. The molecule has 21 heavy (non-hydrogen) atoms. The molecule has 0 bridgehead atoms. The largest absolute Gasteiger partial charge is 0.368 e. The zero-order valence-electron chi connectivity index (χ0n) is 12.6. The summed E-state index contributed by atoms with van der Waals surface area (Å²) in [6, 6.07) is 18.0. The van der Waals surface area contributed by atoms with Crippen LogP contribution in [-0.4, -0.2) is 5.91 Å². The molecule has 3 N–H and O–H groups in total. The van der Waals surface area contributed by atoms with E-state index in [1.54, 1.807) is 0 Å². The lowest BCUT2D eigenvalue weighted by Crippen LogP contribution is -2.52. The van der Waals surface area contributed by atoms with Crippen molar-refractivity contribution in [2.24, 2.45) is 5.73 Å². The van der Waals surface area contributed by atoms with E-state index >= 15 is 0 Å². The fourth-order valence-electron chi connectivity index (χ4n) is 2.52. The van der Waals surface area contributed by atoms with Gasteiger partial charge in [0, 0.05) is 6.54 Å². The molecule has 1 atom stereocenters. The van der Waals surface area contributed by atoms with E-state index in [4.69, 9.17) is 5.73 Å². The number of benzene rings is 2. The van der Waals surface area contributed by atoms with Gasteiger partial charge in [0.1, 0.15) is 5.54 Å². The van der Waals surface area contributed by atoms with Crippen LogP contribution in [0, 0.1) is 6.92 Å². The van der Waals surface area contributed by atoms with E-state index in [9.17, 15) is 4.79 Å². The van der Waals surface area contributed by atoms with Crippen molar-refractivity contribution in [3.05, 3.63) is 71.3 Å². The summed E-state index contributed by atoms with van der Waals surface area (Å²) in [5.74, 6) is -0.343. The number of nitrogens with one attached hydrogen (secondary N) is 1. The highest BCUT2D eigenvalue weighted by Gasteiger charge is 2.36. The van der Waals surface area contributed by atoms with Crippen LogP contribution >= 0.6 is 0 Å². The van der Waals surface area contributed by atoms with Gasteiger partial charge in [-0.2, -0.15) is 0 Å². The second kappa shape index (κ2) is 6.55. The van der Waals surface area contributed by atoms with E-state index in [1.165, 1.54) is 0 Å². The van der Waals surface area contributed by atoms with Crippen molar-refractivity contribution in [2.75, 3.05) is 0 Å². The Balaban J connectivity index is 2.29. The second-order valence-corrected chi connectivity index (χ2v) is 5.33. The van der Waals surface area contributed by atoms with Crippen LogP contribution in [0.25, 0.3) is 0 Å². The second-order valence-electron chi connectivity index (χ2n) is 5.33. The zero-order valence-corrected chi connectivity index (χ0v) is 12.6. The predicted molar refractivity (Wildman–Crippen MR) is 85.6 cm³/mol. The highest BCUT2D eigenvalue weighted by molar-refractivity contribution is 5.86. The van der Waals surface area contributed by atoms with E-state index in [0.717, 1.165) is 16.7 Å². The first-order chi connectivity index (χ1) is 10.1. The summed E-state index contributed by atoms with van der Waals surface area (Å²) in [5.41, 5.74) is 8.09. The van der Waals surface area contributed by atoms with Crippen LogP contribution in [0.2, 0.25) is 0 Å². The number of carbonyl (C=O) groups is 1. The molecule has 0 heterocycles. The number of hydrogen-bond acceptors (Lipinski definition) is 2. The van der Waals surface area contributed by atoms with Crippen molar-refractivity contribution in [1.29, 1.82) is 0 Å². The molecule has 0 aliphatic heterocycles. The van der Waals surface area contributed by atoms with E-state index in [0.29, 0.717) is 13.0 Å². The molecule has 2 rings (SSSR count). The van der Waals surface area contributed by atoms with Gasteiger partial charge in [-0.25, -0.2) is 0 Å². The molecule has 0 aromatic heterocycles. The van der Waals surface area contributed by atoms with E-state index in [-0.39, 0.29) is 5.91 Å². The van der Waals surface area contributed by atoms with Crippen molar-refractivity contribution in [3.63, 3.8) is 0 Å². The molecular formula is C18H22N2O. The molecule has 0 radical (unpaired) electrons. The van der Waals surface area contributed by atoms with Crippen LogP contribution in [-0.2, 0) is 16.9 Å². The van der Waals surface area contributed by atoms with Crippen molar-refractivity contribution < 1.29 is 4.79 Å². The molecular weight excluding hydrogens is 260 g/mol. The fourth-order valence-corrected chi connectivity index (χ4v) is 2.52. The number of hydrogen-bond donors (Lipinski definition) is 2. The Morgan fingerprint density at radius 2 is 1.71 bits per heavy atom. The van der Waals surface area contributed by atoms with E-state index in [2.05, 4.69) is 5.32 Å². The number of primary amides is 1. The van der Waals surface area contributed by atoms with Crippen molar-refractivity contribution in [1.82, 2.24) is 5.32 Å². The fraction of sp³-hybridized carbons (Fsp3) is 0.278. The summed E-state index contributed by atoms with van der Waals surface area (Å²) in [7, 11) is 0. The summed E-state index contributed by atoms with van der Waals surface area (Å²) in [6.45, 7) is 4.60. The SMILES string of the molecule is CCC(NCc1ccccc1)(C(N)=O)c1ccc(C)cc1. The molecule has 2 aromatic rings. The molecule has 0 spiro atoms. The van der Waals surface area contributed by atoms with Gasteiger partial charge in [-0.15, -0.1) is 0 Å². The Bertz CT molecular complexity index is 592. The molecule has 0 saturated carbocycles. The van der Waals surface area contributed by atoms with Crippen molar-refractivity contribution in [3.8, 4) is 0 Å². The molecule has 3 heteroatoms. The number of amides is 1. The maximum absolute atomic E-state index is 12.1. The minimum atomic E-state index is -0.830. The Kier molecular flexibility index (Phi) is 4.76. The molecule has 0 aliphatic rings. The number of carbonyl (C=O) groups excluding carboxylic acids is 1. The first-order valence-electron chi connectivity index (χ1n) is 7.24. The van der Waals surface area contributed by atoms with Crippen molar-refractivity contribution in [2.45, 2.75) is 32.4 Å². The van der Waals surface area contributed by atoms with Crippen LogP contribution < -0.4 is 11.1 Å². The quantitative estimate of drug-likeness (QED) is 0.856. The molecule has 2 aromatic carbocycles. The Morgan fingerprint density at radius 1 is 1.10 bits per heavy atom. The lowest BCUT2D eigenvalue weighted by Gasteiger charge is -2.31. The van der Waals surface area contributed by atoms with Gasteiger partial charge in [0.25, 0.3) is 0 Å². The Morgan fingerprint density at radius 3 is 2.24 bits per heavy atom. The van der Waals surface area contributed by atoms with Gasteiger partial charge in [0.15, 0.2) is 0 Å². The highest BCUT2D eigenvalue weighted by Crippen LogP contribution is 2.26. The van der Waals surface area contributed by atoms with Crippen LogP contribution in [0.4, 0.5) is 0 Å². The standard InChI is InChI=1S/C18H22N2O/c1-3-18(17(19)21,16-11-9-14(2)10-12-16)20-13-15-7-5-4-6-8-15/h4-12,20H,3,13H2,1-2H3,(H2,19,21). The van der Waals surface area contributed by atoms with E-state index < -0.39 is 5.54 Å². The van der Waals surface area contributed by atoms with E-state index in [1.807, 2.05) is 68.4 Å².